The molecule has 2 aliphatic rings. The maximum Gasteiger partial charge on any atom is 0.271 e. The van der Waals surface area contributed by atoms with E-state index >= 15 is 0 Å². The van der Waals surface area contributed by atoms with Gasteiger partial charge >= 0.3 is 0 Å². The largest absolute Gasteiger partial charge is 0.348 e. The van der Waals surface area contributed by atoms with E-state index in [0.29, 0.717) is 18.7 Å². The zero-order chi connectivity index (χ0) is 22.2. The lowest BCUT2D eigenvalue weighted by Gasteiger charge is -2.28. The number of fused-ring (bicyclic) bond motifs is 3. The molecule has 3 aromatic rings. The van der Waals surface area contributed by atoms with E-state index in [1.165, 1.54) is 0 Å². The number of nitrogens with one attached hydrogen (secondary N) is 1. The molecule has 5 rings (SSSR count). The van der Waals surface area contributed by atoms with Crippen LogP contribution in [-0.2, 0) is 24.3 Å². The molecule has 0 spiro atoms. The van der Waals surface area contributed by atoms with Gasteiger partial charge in [0, 0.05) is 43.0 Å². The highest BCUT2D eigenvalue weighted by Crippen LogP contribution is 2.35. The Morgan fingerprint density at radius 1 is 1.16 bits per heavy atom. The summed E-state index contributed by atoms with van der Waals surface area (Å²) >= 11 is 0. The van der Waals surface area contributed by atoms with E-state index in [9.17, 15) is 9.59 Å². The molecule has 1 N–H and O–H groups in total. The molecule has 1 fully saturated rings. The average Bonchev–Trinajstić information content (AvgIpc) is 3.46. The predicted molar refractivity (Wildman–Crippen MR) is 120 cm³/mol. The van der Waals surface area contributed by atoms with Gasteiger partial charge in [0.15, 0.2) is 0 Å². The third kappa shape index (κ3) is 3.70. The van der Waals surface area contributed by atoms with Crippen LogP contribution in [0, 0.1) is 0 Å². The molecule has 2 atom stereocenters. The van der Waals surface area contributed by atoms with Crippen LogP contribution >= 0.6 is 0 Å². The smallest absolute Gasteiger partial charge is 0.271 e. The fraction of sp³-hybridized carbons (Fsp3) is 0.417. The molecule has 32 heavy (non-hydrogen) atoms. The van der Waals surface area contributed by atoms with Crippen LogP contribution in [-0.4, -0.2) is 53.9 Å². The summed E-state index contributed by atoms with van der Waals surface area (Å²) < 4.78 is 3.98. The molecule has 166 valence electrons. The van der Waals surface area contributed by atoms with Gasteiger partial charge in [-0.05, 0) is 26.7 Å². The lowest BCUT2D eigenvalue weighted by Crippen LogP contribution is -2.43. The first-order chi connectivity index (χ1) is 15.5. The molecule has 0 saturated carbocycles. The molecule has 8 nitrogen and oxygen atoms in total. The molecule has 0 unspecified atom stereocenters. The Hall–Kier alpha value is -3.42. The van der Waals surface area contributed by atoms with Crippen LogP contribution in [0.1, 0.15) is 42.9 Å². The third-order valence-corrected chi connectivity index (χ3v) is 6.35. The Balaban J connectivity index is 1.52. The number of carbonyl (C=O) groups excluding carboxylic acids is 2. The summed E-state index contributed by atoms with van der Waals surface area (Å²) in [6.07, 6.45) is 7.71. The van der Waals surface area contributed by atoms with E-state index in [0.717, 1.165) is 29.9 Å². The van der Waals surface area contributed by atoms with Crippen molar-refractivity contribution in [1.29, 1.82) is 0 Å². The molecular weight excluding hydrogens is 404 g/mol. The van der Waals surface area contributed by atoms with Crippen LogP contribution in [0.3, 0.4) is 0 Å². The SMILES string of the molecule is CC(C)NC(=O)c1nc(-c2ccccc2)n2c1C[C@@H]1CC[C@H](C2)N1C(=O)Cn1ccnc1. The lowest BCUT2D eigenvalue weighted by molar-refractivity contribution is -0.134. The van der Waals surface area contributed by atoms with Gasteiger partial charge in [0.25, 0.3) is 5.91 Å². The molecule has 8 heteroatoms. The summed E-state index contributed by atoms with van der Waals surface area (Å²) in [6.45, 7) is 4.83. The van der Waals surface area contributed by atoms with Gasteiger partial charge in [0.1, 0.15) is 18.1 Å². The third-order valence-electron chi connectivity index (χ3n) is 6.35. The van der Waals surface area contributed by atoms with Gasteiger partial charge in [-0.3, -0.25) is 9.59 Å². The number of carbonyl (C=O) groups is 2. The number of imidazole rings is 2. The zero-order valence-electron chi connectivity index (χ0n) is 18.4. The maximum atomic E-state index is 13.2. The maximum absolute atomic E-state index is 13.2. The normalized spacial score (nSPS) is 19.7. The van der Waals surface area contributed by atoms with E-state index in [2.05, 4.69) is 14.9 Å². The van der Waals surface area contributed by atoms with E-state index in [1.807, 2.05) is 59.8 Å². The van der Waals surface area contributed by atoms with Crippen molar-refractivity contribution in [3.63, 3.8) is 0 Å². The van der Waals surface area contributed by atoms with Gasteiger partial charge in [0.2, 0.25) is 5.91 Å². The second-order valence-electron chi connectivity index (χ2n) is 8.96. The fourth-order valence-electron chi connectivity index (χ4n) is 5.01. The Labute approximate surface area is 187 Å². The summed E-state index contributed by atoms with van der Waals surface area (Å²) in [6, 6.07) is 10.2. The summed E-state index contributed by atoms with van der Waals surface area (Å²) in [7, 11) is 0. The number of benzene rings is 1. The number of nitrogens with zero attached hydrogens (tertiary/aromatic N) is 5. The number of amides is 2. The van der Waals surface area contributed by atoms with Crippen molar-refractivity contribution in [2.45, 2.75) is 64.3 Å². The van der Waals surface area contributed by atoms with Crippen molar-refractivity contribution < 1.29 is 9.59 Å². The number of aromatic nitrogens is 4. The molecule has 4 heterocycles. The monoisotopic (exact) mass is 432 g/mol. The minimum atomic E-state index is -0.153. The van der Waals surface area contributed by atoms with Gasteiger partial charge < -0.3 is 19.4 Å². The Morgan fingerprint density at radius 3 is 2.66 bits per heavy atom. The second kappa shape index (κ2) is 8.26. The summed E-state index contributed by atoms with van der Waals surface area (Å²) in [5.74, 6) is 0.743. The standard InChI is InChI=1S/C24H28N6O2/c1-16(2)26-24(32)22-20-12-18-8-9-19(30(18)21(31)14-28-11-10-25-15-28)13-29(20)23(27-22)17-6-4-3-5-7-17/h3-7,10-11,15-16,18-19H,8-9,12-14H2,1-2H3,(H,26,32)/t18-,19+/m0/s1. The van der Waals surface area contributed by atoms with Gasteiger partial charge in [-0.25, -0.2) is 9.97 Å². The van der Waals surface area contributed by atoms with E-state index in [1.54, 1.807) is 12.5 Å². The van der Waals surface area contributed by atoms with Crippen molar-refractivity contribution in [1.82, 2.24) is 29.3 Å². The Morgan fingerprint density at radius 2 is 1.94 bits per heavy atom. The molecule has 2 bridgehead atoms. The fourth-order valence-corrected chi connectivity index (χ4v) is 5.01. The van der Waals surface area contributed by atoms with Crippen molar-refractivity contribution in [3.05, 3.63) is 60.4 Å². The first kappa shape index (κ1) is 20.5. The Bertz CT molecular complexity index is 1120. The second-order valence-corrected chi connectivity index (χ2v) is 8.96. The van der Waals surface area contributed by atoms with Crippen LogP contribution in [0.25, 0.3) is 11.4 Å². The van der Waals surface area contributed by atoms with Crippen LogP contribution in [0.5, 0.6) is 0 Å². The number of hydrogen-bond acceptors (Lipinski definition) is 4. The molecule has 1 saturated heterocycles. The molecule has 2 aromatic heterocycles. The highest BCUT2D eigenvalue weighted by atomic mass is 16.2. The highest BCUT2D eigenvalue weighted by Gasteiger charge is 2.42. The van der Waals surface area contributed by atoms with Crippen molar-refractivity contribution in [2.75, 3.05) is 0 Å². The predicted octanol–water partition coefficient (Wildman–Crippen LogP) is 2.50. The molecule has 2 aliphatic heterocycles. The zero-order valence-corrected chi connectivity index (χ0v) is 18.4. The van der Waals surface area contributed by atoms with Gasteiger partial charge in [-0.2, -0.15) is 0 Å². The quantitative estimate of drug-likeness (QED) is 0.671. The van der Waals surface area contributed by atoms with Crippen LogP contribution in [0.2, 0.25) is 0 Å². The number of rotatable bonds is 5. The summed E-state index contributed by atoms with van der Waals surface area (Å²) in [4.78, 5) is 37.2. The molecule has 1 aromatic carbocycles. The van der Waals surface area contributed by atoms with Crippen LogP contribution in [0.4, 0.5) is 0 Å². The topological polar surface area (TPSA) is 85.0 Å². The Kier molecular flexibility index (Phi) is 5.28. The van der Waals surface area contributed by atoms with Crippen molar-refractivity contribution in [3.8, 4) is 11.4 Å². The van der Waals surface area contributed by atoms with Crippen molar-refractivity contribution in [2.24, 2.45) is 0 Å². The van der Waals surface area contributed by atoms with Gasteiger partial charge in [0.05, 0.1) is 18.1 Å². The molecule has 0 aliphatic carbocycles. The first-order valence-electron chi connectivity index (χ1n) is 11.2. The molecular formula is C24H28N6O2. The number of hydrogen-bond donors (Lipinski definition) is 1. The summed E-state index contributed by atoms with van der Waals surface area (Å²) in [5, 5.41) is 3.00. The molecule has 2 amide bonds. The average molecular weight is 433 g/mol. The first-order valence-corrected chi connectivity index (χ1v) is 11.2. The summed E-state index contributed by atoms with van der Waals surface area (Å²) in [5.41, 5.74) is 2.38. The minimum absolute atomic E-state index is 0.0236. The van der Waals surface area contributed by atoms with Gasteiger partial charge in [-0.1, -0.05) is 30.3 Å². The van der Waals surface area contributed by atoms with E-state index < -0.39 is 0 Å². The lowest BCUT2D eigenvalue weighted by atomic mass is 10.0. The molecule has 0 radical (unpaired) electrons. The van der Waals surface area contributed by atoms with Crippen LogP contribution in [0.15, 0.2) is 49.1 Å². The van der Waals surface area contributed by atoms with Gasteiger partial charge in [-0.15, -0.1) is 0 Å². The minimum Gasteiger partial charge on any atom is -0.348 e. The highest BCUT2D eigenvalue weighted by molar-refractivity contribution is 5.94. The van der Waals surface area contributed by atoms with E-state index in [-0.39, 0.29) is 36.5 Å². The van der Waals surface area contributed by atoms with E-state index in [4.69, 9.17) is 4.98 Å². The van der Waals surface area contributed by atoms with Crippen molar-refractivity contribution >= 4 is 11.8 Å². The van der Waals surface area contributed by atoms with Crippen LogP contribution < -0.4 is 5.32 Å².